The number of aromatic hydroxyl groups is 12. The molecule has 14 nitrogen and oxygen atoms in total. The maximum atomic E-state index is 13.3. The Morgan fingerprint density at radius 3 is 1.71 bits per heavy atom. The van der Waals surface area contributed by atoms with Gasteiger partial charge in [0.1, 0.15) is 0 Å². The van der Waals surface area contributed by atoms with Crippen LogP contribution in [0, 0.1) is 48.9 Å². The summed E-state index contributed by atoms with van der Waals surface area (Å²) in [7, 11) is 0. The maximum Gasteiger partial charge on any atom is -0.00618 e. The third-order valence-electron chi connectivity index (χ3n) is 18.0. The number of alkyl halides is 3. The fourth-order valence-corrected chi connectivity index (χ4v) is 27.2. The van der Waals surface area contributed by atoms with Crippen LogP contribution in [0.3, 0.4) is 0 Å². The largest absolute Gasteiger partial charge is 0.0385 e. The number of aryl methyl sites for hydroxylation is 4. The van der Waals surface area contributed by atoms with Crippen molar-refractivity contribution in [2.75, 3.05) is 8.86 Å². The molecule has 8 aromatic carbocycles. The van der Waals surface area contributed by atoms with Crippen LogP contribution < -0.4 is 0 Å². The van der Waals surface area contributed by atoms with Gasteiger partial charge in [-0.1, -0.05) is 12.7 Å². The summed E-state index contributed by atoms with van der Waals surface area (Å²) < 4.78 is 10.1. The Labute approximate surface area is 546 Å². The van der Waals surface area contributed by atoms with Crippen molar-refractivity contribution in [3.05, 3.63) is 109 Å². The molecule has 83 heavy (non-hydrogen) atoms. The third kappa shape index (κ3) is 7.48. The zero-order chi connectivity index (χ0) is 60.4. The van der Waals surface area contributed by atoms with Gasteiger partial charge in [0.25, 0.3) is 0 Å². The molecule has 430 valence electrons. The van der Waals surface area contributed by atoms with Crippen LogP contribution in [0.2, 0.25) is 0 Å². The van der Waals surface area contributed by atoms with E-state index in [2.05, 4.69) is 96.9 Å². The summed E-state index contributed by atoms with van der Waals surface area (Å²) in [6.45, 7) is 18.3. The van der Waals surface area contributed by atoms with Crippen LogP contribution in [0.5, 0.6) is 69.0 Å². The first kappa shape index (κ1) is 58.7. The molecule has 4 atom stereocenters. The van der Waals surface area contributed by atoms with E-state index in [0.717, 1.165) is 61.9 Å². The molecule has 14 N–H and O–H groups in total. The second kappa shape index (κ2) is 20.0. The number of fused-ring (bicyclic) bond motifs is 6. The number of hydrogen-bond donors (Lipinski definition) is 14. The molecule has 3 aliphatic carbocycles. The second-order valence-electron chi connectivity index (χ2n) is 21.7. The van der Waals surface area contributed by atoms with E-state index in [9.17, 15) is 71.5 Å². The number of aliphatic hydroxyl groups excluding tert-OH is 2. The van der Waals surface area contributed by atoms with Gasteiger partial charge in [0.05, 0.1) is 0 Å². The van der Waals surface area contributed by atoms with E-state index in [4.69, 9.17) is 4.51 Å². The first-order chi connectivity index (χ1) is 39.0. The van der Waals surface area contributed by atoms with Crippen molar-refractivity contribution < 1.29 is 71.5 Å². The number of phenolic OH excluding ortho intramolecular Hbond substituents is 12. The zero-order valence-electron chi connectivity index (χ0n) is 45.3. The van der Waals surface area contributed by atoms with Gasteiger partial charge in [0.15, 0.2) is 11.5 Å². The van der Waals surface area contributed by atoms with Crippen molar-refractivity contribution in [2.45, 2.75) is 77.3 Å². The van der Waals surface area contributed by atoms with E-state index >= 15 is 0 Å². The summed E-state index contributed by atoms with van der Waals surface area (Å²) in [4.78, 5) is 0. The van der Waals surface area contributed by atoms with Crippen molar-refractivity contribution in [3.8, 4) is 91.2 Å². The molecule has 0 radical (unpaired) electrons. The number of hydrogen-bond acceptors (Lipinski definition) is 14. The topological polar surface area (TPSA) is 283 Å². The molecule has 0 saturated carbocycles. The van der Waals surface area contributed by atoms with E-state index in [1.165, 1.54) is 19.1 Å². The van der Waals surface area contributed by atoms with Crippen LogP contribution >= 0.6 is 131 Å². The summed E-state index contributed by atoms with van der Waals surface area (Å²) >= 11 is 6.10. The molecule has 0 aromatic heterocycles. The minimum atomic E-state index is -1.98. The van der Waals surface area contributed by atoms with Gasteiger partial charge in [-0.2, -0.15) is 0 Å². The van der Waals surface area contributed by atoms with Gasteiger partial charge < -0.3 is 25.5 Å². The van der Waals surface area contributed by atoms with Crippen molar-refractivity contribution in [1.82, 2.24) is 0 Å². The van der Waals surface area contributed by atoms with E-state index in [1.807, 2.05) is 27.7 Å². The Kier molecular flexibility index (Phi) is 14.1. The van der Waals surface area contributed by atoms with E-state index in [1.54, 1.807) is 20.8 Å². The van der Waals surface area contributed by atoms with Crippen molar-refractivity contribution in [2.24, 2.45) is 0 Å². The quantitative estimate of drug-likeness (QED) is 0.0319. The van der Waals surface area contributed by atoms with Gasteiger partial charge in [-0.25, -0.2) is 0 Å². The number of aliphatic hydroxyl groups is 2. The van der Waals surface area contributed by atoms with Gasteiger partial charge in [-0.3, -0.25) is 0 Å². The molecule has 4 unspecified atom stereocenters. The SMILES string of the molecule is C=Cc1c(O)c(O)c2c(I)c(I)c(C3=C(I)C(I=C)C(c4c5c6c(c7c(C)c(O)c(-c8c(O)c(O)c(O)c9c(O)c(C)c(O)c(O)c89)c(C)c47)-c4c(I)c(I7CC7)c(O)c7cc(O)c(O)c(c47)C6C(O)C(O)=C5C)C(C)=C3C)c(C)c2c1C. The van der Waals surface area contributed by atoms with Crippen LogP contribution in [0.15, 0.2) is 33.1 Å². The van der Waals surface area contributed by atoms with E-state index in [0.29, 0.717) is 58.5 Å². The number of phenols is 12. The van der Waals surface area contributed by atoms with Gasteiger partial charge in [0.2, 0.25) is 0 Å². The average molecular weight is 1790 g/mol. The molecule has 4 aliphatic rings. The Bertz CT molecular complexity index is 4640. The first-order valence-corrected chi connectivity index (χ1v) is 37.0. The number of allylic oxidation sites excluding steroid dienone is 5. The van der Waals surface area contributed by atoms with Crippen molar-refractivity contribution >= 4 is 196 Å². The number of halogens is 6. The zero-order valence-corrected chi connectivity index (χ0v) is 58.3. The maximum absolute atomic E-state index is 13.3. The van der Waals surface area contributed by atoms with Crippen LogP contribution in [0.1, 0.15) is 93.8 Å². The number of benzene rings is 8. The van der Waals surface area contributed by atoms with E-state index in [-0.39, 0.29) is 59.9 Å². The van der Waals surface area contributed by atoms with Crippen LogP contribution in [-0.2, 0) is 0 Å². The summed E-state index contributed by atoms with van der Waals surface area (Å²) in [5.41, 5.74) is 8.17. The Balaban J connectivity index is 1.32. The van der Waals surface area contributed by atoms with Crippen molar-refractivity contribution in [1.29, 1.82) is 0 Å². The average Bonchev–Trinajstić information content (AvgIpc) is 1.62. The molecule has 8 aromatic rings. The molecule has 12 rings (SSSR count). The van der Waals surface area contributed by atoms with Crippen LogP contribution in [0.25, 0.3) is 82.6 Å². The minimum Gasteiger partial charge on any atom is -0.0385 e. The monoisotopic (exact) mass is 1790 g/mol. The summed E-state index contributed by atoms with van der Waals surface area (Å²) in [5, 5.41) is 170. The van der Waals surface area contributed by atoms with E-state index < -0.39 is 132 Å². The molecule has 0 spiro atoms. The predicted molar refractivity (Wildman–Crippen MR) is 378 cm³/mol. The molecule has 0 amide bonds. The fourth-order valence-electron chi connectivity index (χ4n) is 13.9. The standard InChI is InChI=1S/C63H52I6O14/c1-11-23-17(4)26-18(5)31(45(64)46(65)43(26)61(81)56(23)76)30-15(2)16(3)32(49(68-10)47(30)66)35-27-19(6)33(39-42-44(62(82)63(83)60(39)80)52(72)22(9)54(74)59(42)79)51(71)20(7)28(27)36-37-29(35)21(8)53(73)58(78)41(37)40-34-24(14-25(70)57(40)77)55(75)50(69-12-13-69)48(67)38(34)36/h11,14,32,41,49,58,70-83H,1,10,12-13H2,2-9H3. The number of rotatable bonds is 6. The van der Waals surface area contributed by atoms with Gasteiger partial charge in [-0.05, 0) is 82.5 Å². The molecular weight excluding hydrogens is 1740 g/mol. The normalized spacial score (nSPS) is 18.9. The fraction of sp³-hybridized carbons (Fsp3) is 0.222. The van der Waals surface area contributed by atoms with Gasteiger partial charge in [-0.15, -0.1) is 0 Å². The predicted octanol–water partition coefficient (Wildman–Crippen LogP) is 15.9. The summed E-state index contributed by atoms with van der Waals surface area (Å²) in [6.07, 6.45) is -0.187. The molecule has 1 fully saturated rings. The van der Waals surface area contributed by atoms with Crippen LogP contribution in [0.4, 0.5) is 0 Å². The van der Waals surface area contributed by atoms with Crippen LogP contribution in [-0.4, -0.2) is 94.9 Å². The second-order valence-corrected chi connectivity index (χ2v) is 34.2. The Morgan fingerprint density at radius 1 is 0.482 bits per heavy atom. The minimum absolute atomic E-state index is 0.0394. The Morgan fingerprint density at radius 2 is 1.10 bits per heavy atom. The molecule has 1 heterocycles. The summed E-state index contributed by atoms with van der Waals surface area (Å²) in [5.74, 6) is -9.95. The molecular formula is C63H52I6O14. The van der Waals surface area contributed by atoms with Crippen molar-refractivity contribution in [3.63, 3.8) is 0 Å². The molecule has 0 bridgehead atoms. The molecule has 1 aliphatic heterocycles. The molecule has 20 heteroatoms. The van der Waals surface area contributed by atoms with Gasteiger partial charge >= 0.3 is 397 Å². The first-order valence-electron chi connectivity index (χ1n) is 25.8. The smallest absolute Gasteiger partial charge is 0.00618 e. The summed E-state index contributed by atoms with van der Waals surface area (Å²) in [6, 6.07) is 1.32. The third-order valence-corrected chi connectivity index (χ3v) is 32.7. The van der Waals surface area contributed by atoms with Gasteiger partial charge in [0, 0.05) is 23.7 Å². The Hall–Kier alpha value is -4.63. The molecule has 1 saturated heterocycles.